The van der Waals surface area contributed by atoms with Crippen molar-refractivity contribution in [1.29, 1.82) is 0 Å². The maximum absolute atomic E-state index is 12.2. The molecule has 102 valence electrons. The highest BCUT2D eigenvalue weighted by Crippen LogP contribution is 2.21. The summed E-state index contributed by atoms with van der Waals surface area (Å²) in [4.78, 5) is 0.169. The normalized spacial score (nSPS) is 11.8. The lowest BCUT2D eigenvalue weighted by Gasteiger charge is -2.10. The van der Waals surface area contributed by atoms with E-state index in [0.29, 0.717) is 17.3 Å². The number of aromatic amines is 1. The van der Waals surface area contributed by atoms with Gasteiger partial charge in [-0.05, 0) is 30.5 Å². The van der Waals surface area contributed by atoms with Crippen molar-refractivity contribution in [2.75, 3.05) is 4.72 Å². The summed E-state index contributed by atoms with van der Waals surface area (Å²) in [5.74, 6) is 0.347. The first kappa shape index (κ1) is 13.6. The van der Waals surface area contributed by atoms with Crippen LogP contribution in [-0.2, 0) is 10.0 Å². The molecular formula is C13H17N3O2S. The van der Waals surface area contributed by atoms with Gasteiger partial charge in [0.25, 0.3) is 10.0 Å². The second-order valence-electron chi connectivity index (χ2n) is 4.74. The van der Waals surface area contributed by atoms with Crippen molar-refractivity contribution in [3.8, 4) is 0 Å². The summed E-state index contributed by atoms with van der Waals surface area (Å²) in [5, 5.41) is 6.35. The standard InChI is InChI=1S/C13H17N3O2S/c1-9(2)11-5-4-6-12(7-11)16-19(17,18)13-8-14-15-10(13)3/h4-9,16H,1-3H3,(H,14,15). The molecule has 0 bridgehead atoms. The van der Waals surface area contributed by atoms with Crippen molar-refractivity contribution in [2.45, 2.75) is 31.6 Å². The largest absolute Gasteiger partial charge is 0.281 e. The van der Waals surface area contributed by atoms with E-state index in [-0.39, 0.29) is 4.90 Å². The molecule has 2 rings (SSSR count). The van der Waals surface area contributed by atoms with E-state index in [4.69, 9.17) is 0 Å². The van der Waals surface area contributed by atoms with E-state index in [1.165, 1.54) is 6.20 Å². The molecule has 0 atom stereocenters. The molecule has 0 aliphatic carbocycles. The van der Waals surface area contributed by atoms with Crippen molar-refractivity contribution >= 4 is 15.7 Å². The number of aryl methyl sites for hydroxylation is 1. The number of H-pyrrole nitrogens is 1. The molecule has 1 aromatic heterocycles. The SMILES string of the molecule is Cc1[nH]ncc1S(=O)(=O)Nc1cccc(C(C)C)c1. The third-order valence-corrected chi connectivity index (χ3v) is 4.37. The van der Waals surface area contributed by atoms with Crippen LogP contribution in [0.3, 0.4) is 0 Å². The summed E-state index contributed by atoms with van der Waals surface area (Å²) in [7, 11) is -3.59. The zero-order chi connectivity index (χ0) is 14.0. The van der Waals surface area contributed by atoms with Crippen LogP contribution < -0.4 is 4.72 Å². The lowest BCUT2D eigenvalue weighted by Crippen LogP contribution is -2.13. The van der Waals surface area contributed by atoms with Crippen molar-refractivity contribution < 1.29 is 8.42 Å². The third kappa shape index (κ3) is 2.96. The first-order chi connectivity index (χ1) is 8.90. The van der Waals surface area contributed by atoms with E-state index in [1.807, 2.05) is 18.2 Å². The number of hydrogen-bond donors (Lipinski definition) is 2. The highest BCUT2D eigenvalue weighted by atomic mass is 32.2. The van der Waals surface area contributed by atoms with Gasteiger partial charge in [0.2, 0.25) is 0 Å². The minimum Gasteiger partial charge on any atom is -0.281 e. The fraction of sp³-hybridized carbons (Fsp3) is 0.308. The van der Waals surface area contributed by atoms with Crippen LogP contribution >= 0.6 is 0 Å². The van der Waals surface area contributed by atoms with E-state index >= 15 is 0 Å². The molecule has 2 N–H and O–H groups in total. The maximum atomic E-state index is 12.2. The molecule has 0 radical (unpaired) electrons. The first-order valence-electron chi connectivity index (χ1n) is 6.03. The van der Waals surface area contributed by atoms with Crippen molar-refractivity contribution in [3.05, 3.63) is 41.7 Å². The van der Waals surface area contributed by atoms with Crippen LogP contribution in [0.4, 0.5) is 5.69 Å². The van der Waals surface area contributed by atoms with E-state index in [9.17, 15) is 8.42 Å². The summed E-state index contributed by atoms with van der Waals surface area (Å²) in [5.41, 5.74) is 2.17. The average Bonchev–Trinajstić information content (AvgIpc) is 2.76. The Hall–Kier alpha value is -1.82. The van der Waals surface area contributed by atoms with Crippen LogP contribution in [0.1, 0.15) is 31.0 Å². The van der Waals surface area contributed by atoms with E-state index < -0.39 is 10.0 Å². The average molecular weight is 279 g/mol. The van der Waals surface area contributed by atoms with Gasteiger partial charge in [0, 0.05) is 5.69 Å². The molecule has 1 aromatic carbocycles. The molecule has 19 heavy (non-hydrogen) atoms. The molecule has 0 unspecified atom stereocenters. The molecule has 1 heterocycles. The second kappa shape index (κ2) is 5.05. The molecule has 0 fully saturated rings. The van der Waals surface area contributed by atoms with Crippen LogP contribution in [0, 0.1) is 6.92 Å². The number of aromatic nitrogens is 2. The zero-order valence-electron chi connectivity index (χ0n) is 11.1. The fourth-order valence-corrected chi connectivity index (χ4v) is 2.97. The molecule has 0 aliphatic rings. The Balaban J connectivity index is 2.31. The van der Waals surface area contributed by atoms with Crippen LogP contribution in [0.25, 0.3) is 0 Å². The molecule has 0 spiro atoms. The quantitative estimate of drug-likeness (QED) is 0.903. The summed E-state index contributed by atoms with van der Waals surface area (Å²) >= 11 is 0. The second-order valence-corrected chi connectivity index (χ2v) is 6.40. The monoisotopic (exact) mass is 279 g/mol. The zero-order valence-corrected chi connectivity index (χ0v) is 12.0. The molecule has 5 nitrogen and oxygen atoms in total. The van der Waals surface area contributed by atoms with Crippen molar-refractivity contribution in [2.24, 2.45) is 0 Å². The van der Waals surface area contributed by atoms with Gasteiger partial charge in [0.15, 0.2) is 0 Å². The van der Waals surface area contributed by atoms with Crippen LogP contribution in [0.5, 0.6) is 0 Å². The predicted molar refractivity (Wildman–Crippen MR) is 74.7 cm³/mol. The minimum absolute atomic E-state index is 0.169. The number of rotatable bonds is 4. The fourth-order valence-electron chi connectivity index (χ4n) is 1.78. The van der Waals surface area contributed by atoms with Gasteiger partial charge in [-0.3, -0.25) is 9.82 Å². The van der Waals surface area contributed by atoms with Gasteiger partial charge in [0.05, 0.1) is 11.9 Å². The first-order valence-corrected chi connectivity index (χ1v) is 7.51. The summed E-state index contributed by atoms with van der Waals surface area (Å²) in [6.07, 6.45) is 1.31. The number of benzene rings is 1. The van der Waals surface area contributed by atoms with Gasteiger partial charge < -0.3 is 0 Å². The number of anilines is 1. The molecule has 6 heteroatoms. The van der Waals surface area contributed by atoms with Gasteiger partial charge in [-0.2, -0.15) is 5.10 Å². The van der Waals surface area contributed by atoms with Crippen LogP contribution in [-0.4, -0.2) is 18.6 Å². The van der Waals surface area contributed by atoms with Crippen LogP contribution in [0.2, 0.25) is 0 Å². The summed E-state index contributed by atoms with van der Waals surface area (Å²) < 4.78 is 27.0. The molecule has 0 aliphatic heterocycles. The third-order valence-electron chi connectivity index (χ3n) is 2.88. The number of nitrogens with one attached hydrogen (secondary N) is 2. The maximum Gasteiger partial charge on any atom is 0.265 e. The Kier molecular flexibility index (Phi) is 3.61. The Bertz CT molecular complexity index is 675. The van der Waals surface area contributed by atoms with E-state index in [2.05, 4.69) is 28.8 Å². The summed E-state index contributed by atoms with van der Waals surface area (Å²) in [6, 6.07) is 7.40. The predicted octanol–water partition coefficient (Wildman–Crippen LogP) is 2.64. The number of sulfonamides is 1. The smallest absolute Gasteiger partial charge is 0.265 e. The lowest BCUT2D eigenvalue weighted by atomic mass is 10.0. The van der Waals surface area contributed by atoms with Gasteiger partial charge in [-0.25, -0.2) is 8.42 Å². The highest BCUT2D eigenvalue weighted by molar-refractivity contribution is 7.92. The van der Waals surface area contributed by atoms with Gasteiger partial charge in [0.1, 0.15) is 4.90 Å². The summed E-state index contributed by atoms with van der Waals surface area (Å²) in [6.45, 7) is 5.80. The topological polar surface area (TPSA) is 74.8 Å². The lowest BCUT2D eigenvalue weighted by molar-refractivity contribution is 0.600. The van der Waals surface area contributed by atoms with E-state index in [0.717, 1.165) is 5.56 Å². The molecular weight excluding hydrogens is 262 g/mol. The van der Waals surface area contributed by atoms with Crippen molar-refractivity contribution in [3.63, 3.8) is 0 Å². The molecule has 0 saturated carbocycles. The Labute approximate surface area is 113 Å². The molecule has 0 saturated heterocycles. The minimum atomic E-state index is -3.59. The molecule has 0 amide bonds. The number of nitrogens with zero attached hydrogens (tertiary/aromatic N) is 1. The Morgan fingerprint density at radius 3 is 2.63 bits per heavy atom. The Morgan fingerprint density at radius 2 is 2.05 bits per heavy atom. The van der Waals surface area contributed by atoms with E-state index in [1.54, 1.807) is 13.0 Å². The van der Waals surface area contributed by atoms with Gasteiger partial charge >= 0.3 is 0 Å². The molecule has 2 aromatic rings. The van der Waals surface area contributed by atoms with Crippen LogP contribution in [0.15, 0.2) is 35.4 Å². The van der Waals surface area contributed by atoms with Gasteiger partial charge in [-0.1, -0.05) is 26.0 Å². The van der Waals surface area contributed by atoms with Crippen molar-refractivity contribution in [1.82, 2.24) is 10.2 Å². The van der Waals surface area contributed by atoms with Gasteiger partial charge in [-0.15, -0.1) is 0 Å². The number of hydrogen-bond acceptors (Lipinski definition) is 3. The Morgan fingerprint density at radius 1 is 1.32 bits per heavy atom. The highest BCUT2D eigenvalue weighted by Gasteiger charge is 2.18.